The molecule has 1 aliphatic heterocycles. The first-order valence-electron chi connectivity index (χ1n) is 9.50. The van der Waals surface area contributed by atoms with Crippen molar-refractivity contribution in [2.45, 2.75) is 59.2 Å². The van der Waals surface area contributed by atoms with Gasteiger partial charge in [0.25, 0.3) is 0 Å². The Balaban J connectivity index is 1.66. The van der Waals surface area contributed by atoms with Crippen LogP contribution in [0.4, 0.5) is 20.6 Å². The number of amides is 2. The van der Waals surface area contributed by atoms with Crippen LogP contribution in [-0.4, -0.2) is 28.0 Å². The molecule has 2 atom stereocenters. The summed E-state index contributed by atoms with van der Waals surface area (Å²) in [6.07, 6.45) is 3.63. The van der Waals surface area contributed by atoms with Crippen LogP contribution < -0.4 is 15.8 Å². The number of rotatable bonds is 4. The molecule has 0 radical (unpaired) electrons. The lowest BCUT2D eigenvalue weighted by Gasteiger charge is -2.26. The number of pyridine rings is 1. The highest BCUT2D eigenvalue weighted by molar-refractivity contribution is 5.90. The predicted molar refractivity (Wildman–Crippen MR) is 108 cm³/mol. The summed E-state index contributed by atoms with van der Waals surface area (Å²) in [7, 11) is 0. The zero-order valence-electron chi connectivity index (χ0n) is 16.8. The number of anilines is 2. The molecule has 2 amide bonds. The van der Waals surface area contributed by atoms with Gasteiger partial charge in [-0.2, -0.15) is 0 Å². The molecule has 150 valence electrons. The minimum atomic E-state index is -0.543. The number of likely N-dealkylation sites (tertiary alicyclic amines) is 1. The number of carbonyl (C=O) groups is 1. The zero-order valence-corrected chi connectivity index (χ0v) is 16.8. The summed E-state index contributed by atoms with van der Waals surface area (Å²) in [6, 6.07) is 4.56. The number of nitrogens with two attached hydrogens (primary N) is 1. The summed E-state index contributed by atoms with van der Waals surface area (Å²) in [5.74, 6) is -0.445. The third-order valence-corrected chi connectivity index (χ3v) is 5.41. The lowest BCUT2D eigenvalue weighted by molar-refractivity contribution is 0.194. The molecule has 0 saturated carbocycles. The molecule has 1 saturated heterocycles. The number of hydrogen-bond acceptors (Lipinski definition) is 4. The largest absolute Gasteiger partial charge is 0.484 e. The first kappa shape index (κ1) is 19.9. The van der Waals surface area contributed by atoms with E-state index in [1.54, 1.807) is 17.2 Å². The summed E-state index contributed by atoms with van der Waals surface area (Å²) in [4.78, 5) is 18.6. The molecule has 1 fully saturated rings. The van der Waals surface area contributed by atoms with E-state index in [1.165, 1.54) is 12.1 Å². The van der Waals surface area contributed by atoms with Gasteiger partial charge in [0, 0.05) is 35.7 Å². The summed E-state index contributed by atoms with van der Waals surface area (Å²) >= 11 is 0. The number of aryl methyl sites for hydroxylation is 1. The van der Waals surface area contributed by atoms with Gasteiger partial charge in [0.1, 0.15) is 6.61 Å². The molecule has 0 bridgehead atoms. The summed E-state index contributed by atoms with van der Waals surface area (Å²) in [6.45, 7) is 7.91. The molecule has 0 aliphatic carbocycles. The number of halogens is 1. The second-order valence-corrected chi connectivity index (χ2v) is 7.47. The third-order valence-electron chi connectivity index (χ3n) is 5.41. The minimum Gasteiger partial charge on any atom is -0.484 e. The number of benzene rings is 1. The third kappa shape index (κ3) is 4.03. The topological polar surface area (TPSA) is 80.5 Å². The van der Waals surface area contributed by atoms with Crippen molar-refractivity contribution in [3.05, 3.63) is 47.0 Å². The van der Waals surface area contributed by atoms with Crippen LogP contribution in [0.5, 0.6) is 5.75 Å². The van der Waals surface area contributed by atoms with E-state index in [0.717, 1.165) is 24.0 Å². The molecule has 6 nitrogen and oxygen atoms in total. The van der Waals surface area contributed by atoms with E-state index in [2.05, 4.69) is 10.3 Å². The van der Waals surface area contributed by atoms with Crippen molar-refractivity contribution < 1.29 is 13.9 Å². The van der Waals surface area contributed by atoms with Gasteiger partial charge < -0.3 is 20.7 Å². The monoisotopic (exact) mass is 386 g/mol. The minimum absolute atomic E-state index is 0.0984. The summed E-state index contributed by atoms with van der Waals surface area (Å²) in [5.41, 5.74) is 9.46. The van der Waals surface area contributed by atoms with Crippen LogP contribution in [0.25, 0.3) is 0 Å². The van der Waals surface area contributed by atoms with Crippen molar-refractivity contribution in [3.63, 3.8) is 0 Å². The number of nitrogens with zero attached hydrogens (tertiary/aromatic N) is 2. The van der Waals surface area contributed by atoms with Crippen molar-refractivity contribution in [2.75, 3.05) is 11.1 Å². The molecular formula is C21H27FN4O2. The lowest BCUT2D eigenvalue weighted by Crippen LogP contribution is -2.41. The molecule has 0 spiro atoms. The SMILES string of the molecule is Cc1cnc(COc2ccc(NC(=O)N3C(C)CCC3C)cc2F)c(C)c1N. The average Bonchev–Trinajstić information content (AvgIpc) is 2.99. The van der Waals surface area contributed by atoms with Gasteiger partial charge in [-0.05, 0) is 63.8 Å². The fourth-order valence-electron chi connectivity index (χ4n) is 3.56. The normalized spacial score (nSPS) is 19.0. The quantitative estimate of drug-likeness (QED) is 0.816. The van der Waals surface area contributed by atoms with Crippen LogP contribution in [0.15, 0.2) is 24.4 Å². The van der Waals surface area contributed by atoms with E-state index in [4.69, 9.17) is 10.5 Å². The Bertz CT molecular complexity index is 877. The van der Waals surface area contributed by atoms with Crippen molar-refractivity contribution >= 4 is 17.4 Å². The van der Waals surface area contributed by atoms with E-state index in [9.17, 15) is 9.18 Å². The van der Waals surface area contributed by atoms with Crippen molar-refractivity contribution in [1.82, 2.24) is 9.88 Å². The Hall–Kier alpha value is -2.83. The molecule has 2 unspecified atom stereocenters. The van der Waals surface area contributed by atoms with Crippen molar-refractivity contribution in [1.29, 1.82) is 0 Å². The van der Waals surface area contributed by atoms with Gasteiger partial charge in [-0.1, -0.05) is 0 Å². The highest BCUT2D eigenvalue weighted by Gasteiger charge is 2.31. The van der Waals surface area contributed by atoms with Gasteiger partial charge in [-0.15, -0.1) is 0 Å². The maximum absolute atomic E-state index is 14.4. The number of carbonyl (C=O) groups excluding carboxylic acids is 1. The highest BCUT2D eigenvalue weighted by Crippen LogP contribution is 2.27. The van der Waals surface area contributed by atoms with Crippen LogP contribution in [-0.2, 0) is 6.61 Å². The molecule has 1 aromatic heterocycles. The number of hydrogen-bond donors (Lipinski definition) is 2. The Labute approximate surface area is 164 Å². The average molecular weight is 386 g/mol. The molecule has 1 aliphatic rings. The fraction of sp³-hybridized carbons (Fsp3) is 0.429. The molecule has 2 heterocycles. The van der Waals surface area contributed by atoms with Crippen LogP contribution in [0.2, 0.25) is 0 Å². The predicted octanol–water partition coefficient (Wildman–Crippen LogP) is 4.40. The number of aromatic nitrogens is 1. The Kier molecular flexibility index (Phi) is 5.72. The molecule has 1 aromatic carbocycles. The van der Waals surface area contributed by atoms with Crippen LogP contribution >= 0.6 is 0 Å². The standard InChI is InChI=1S/C21H27FN4O2/c1-12-10-24-18(15(4)20(12)23)11-28-19-8-7-16(9-17(19)22)25-21(27)26-13(2)5-6-14(26)3/h7-10,13-14H,5-6,11H2,1-4H3,(H2,23,24)(H,25,27). The molecule has 3 N–H and O–H groups in total. The highest BCUT2D eigenvalue weighted by atomic mass is 19.1. The van der Waals surface area contributed by atoms with Gasteiger partial charge in [0.15, 0.2) is 11.6 Å². The number of urea groups is 1. The van der Waals surface area contributed by atoms with Crippen LogP contribution in [0.1, 0.15) is 43.5 Å². The maximum Gasteiger partial charge on any atom is 0.322 e. The number of nitrogen functional groups attached to an aromatic ring is 1. The number of ether oxygens (including phenoxy) is 1. The van der Waals surface area contributed by atoms with Gasteiger partial charge in [0.05, 0.1) is 5.69 Å². The maximum atomic E-state index is 14.4. The Morgan fingerprint density at radius 1 is 1.32 bits per heavy atom. The van der Waals surface area contributed by atoms with E-state index in [-0.39, 0.29) is 30.5 Å². The summed E-state index contributed by atoms with van der Waals surface area (Å²) < 4.78 is 20.0. The molecule has 2 aromatic rings. The molecular weight excluding hydrogens is 359 g/mol. The fourth-order valence-corrected chi connectivity index (χ4v) is 3.56. The van der Waals surface area contributed by atoms with Gasteiger partial charge >= 0.3 is 6.03 Å². The van der Waals surface area contributed by atoms with Gasteiger partial charge in [-0.3, -0.25) is 4.98 Å². The van der Waals surface area contributed by atoms with E-state index in [1.807, 2.05) is 27.7 Å². The number of nitrogens with one attached hydrogen (secondary N) is 1. The van der Waals surface area contributed by atoms with Crippen molar-refractivity contribution in [3.8, 4) is 5.75 Å². The smallest absolute Gasteiger partial charge is 0.322 e. The molecule has 7 heteroatoms. The zero-order chi connectivity index (χ0) is 20.4. The van der Waals surface area contributed by atoms with Crippen LogP contribution in [0, 0.1) is 19.7 Å². The van der Waals surface area contributed by atoms with Gasteiger partial charge in [0.2, 0.25) is 0 Å². The molecule has 3 rings (SSSR count). The van der Waals surface area contributed by atoms with E-state index >= 15 is 0 Å². The van der Waals surface area contributed by atoms with Crippen molar-refractivity contribution in [2.24, 2.45) is 0 Å². The second-order valence-electron chi connectivity index (χ2n) is 7.47. The van der Waals surface area contributed by atoms with E-state index in [0.29, 0.717) is 17.1 Å². The van der Waals surface area contributed by atoms with Gasteiger partial charge in [-0.25, -0.2) is 9.18 Å². The Morgan fingerprint density at radius 3 is 2.64 bits per heavy atom. The lowest BCUT2D eigenvalue weighted by atomic mass is 10.1. The summed E-state index contributed by atoms with van der Waals surface area (Å²) in [5, 5.41) is 2.77. The first-order valence-corrected chi connectivity index (χ1v) is 9.50. The first-order chi connectivity index (χ1) is 13.3. The Morgan fingerprint density at radius 2 is 2.00 bits per heavy atom. The second kappa shape index (κ2) is 8.04. The van der Waals surface area contributed by atoms with E-state index < -0.39 is 5.82 Å². The van der Waals surface area contributed by atoms with Crippen LogP contribution in [0.3, 0.4) is 0 Å². The molecule has 28 heavy (non-hydrogen) atoms.